The maximum absolute atomic E-state index is 4.60. The summed E-state index contributed by atoms with van der Waals surface area (Å²) < 4.78 is 0. The van der Waals surface area contributed by atoms with Gasteiger partial charge in [-0.15, -0.1) is 46.4 Å². The van der Waals surface area contributed by atoms with Gasteiger partial charge in [0.15, 0.2) is 0 Å². The third-order valence-corrected chi connectivity index (χ3v) is 7.22. The largest absolute Gasteiger partial charge is 2.00 e. The minimum absolute atomic E-state index is 0. The number of hydrogen-bond acceptors (Lipinski definition) is 4. The second kappa shape index (κ2) is 8.93. The third-order valence-electron chi connectivity index (χ3n) is 7.22. The van der Waals surface area contributed by atoms with Gasteiger partial charge in [0.1, 0.15) is 0 Å². The maximum atomic E-state index is 4.60. The molecule has 0 unspecified atom stereocenters. The number of anilines is 2. The molecule has 0 fully saturated rings. The number of rotatable bonds is 2. The Balaban J connectivity index is 0.00000242. The summed E-state index contributed by atoms with van der Waals surface area (Å²) in [6, 6.07) is 39.2. The van der Waals surface area contributed by atoms with Crippen LogP contribution in [0.4, 0.5) is 11.4 Å². The van der Waals surface area contributed by atoms with Gasteiger partial charge in [0.05, 0.1) is 12.4 Å². The van der Waals surface area contributed by atoms with Crippen LogP contribution in [0.1, 0.15) is 0 Å². The van der Waals surface area contributed by atoms with Gasteiger partial charge < -0.3 is 9.79 Å². The fourth-order valence-corrected chi connectivity index (χ4v) is 5.67. The normalized spacial score (nSPS) is 12.4. The molecule has 2 aliphatic rings. The molecule has 2 aromatic heterocycles. The van der Waals surface area contributed by atoms with E-state index in [1.54, 1.807) is 17.2 Å². The van der Waals surface area contributed by atoms with Crippen molar-refractivity contribution in [3.8, 4) is 39.2 Å². The second-order valence-corrected chi connectivity index (χ2v) is 9.21. The Morgan fingerprint density at radius 2 is 1.21 bits per heavy atom. The summed E-state index contributed by atoms with van der Waals surface area (Å²) in [5.74, 6) is 0. The van der Waals surface area contributed by atoms with Gasteiger partial charge in [-0.2, -0.15) is 32.6 Å². The molecule has 0 aliphatic carbocycles. The van der Waals surface area contributed by atoms with Crippen LogP contribution in [0.3, 0.4) is 0 Å². The first-order valence-electron chi connectivity index (χ1n) is 12.3. The first-order valence-corrected chi connectivity index (χ1v) is 12.3. The van der Waals surface area contributed by atoms with E-state index < -0.39 is 0 Å². The zero-order chi connectivity index (χ0) is 24.3. The van der Waals surface area contributed by atoms with Crippen molar-refractivity contribution in [3.63, 3.8) is 0 Å². The molecular formula is C31H18BN5Pt. The molecule has 0 amide bonds. The van der Waals surface area contributed by atoms with Crippen molar-refractivity contribution < 1.29 is 21.1 Å². The van der Waals surface area contributed by atoms with Crippen LogP contribution >= 0.6 is 0 Å². The van der Waals surface area contributed by atoms with Crippen LogP contribution in [-0.4, -0.2) is 26.8 Å². The summed E-state index contributed by atoms with van der Waals surface area (Å²) >= 11 is 0. The van der Waals surface area contributed by atoms with E-state index in [9.17, 15) is 0 Å². The fourth-order valence-electron chi connectivity index (χ4n) is 5.67. The molecular weight excluding hydrogens is 648 g/mol. The number of para-hydroxylation sites is 2. The van der Waals surface area contributed by atoms with Gasteiger partial charge in [0, 0.05) is 17.6 Å². The Bertz CT molecular complexity index is 1800. The van der Waals surface area contributed by atoms with E-state index in [-0.39, 0.29) is 27.9 Å². The first kappa shape index (κ1) is 22.9. The van der Waals surface area contributed by atoms with E-state index in [4.69, 9.17) is 0 Å². The molecule has 4 heterocycles. The van der Waals surface area contributed by atoms with Crippen LogP contribution in [-0.2, 0) is 21.1 Å². The fraction of sp³-hybridized carbons (Fsp3) is 0. The minimum Gasteiger partial charge on any atom is -0.381 e. The number of hydrogen-bond donors (Lipinski definition) is 0. The van der Waals surface area contributed by atoms with E-state index in [1.165, 1.54) is 28.1 Å². The summed E-state index contributed by atoms with van der Waals surface area (Å²) in [4.78, 5) is 8.66. The van der Waals surface area contributed by atoms with Crippen molar-refractivity contribution in [2.45, 2.75) is 0 Å². The summed E-state index contributed by atoms with van der Waals surface area (Å²) in [6.45, 7) is -0.117. The van der Waals surface area contributed by atoms with Crippen LogP contribution in [0.25, 0.3) is 39.2 Å². The molecule has 2 aliphatic heterocycles. The number of nitrogens with zero attached hydrogens (tertiary/aromatic N) is 5. The van der Waals surface area contributed by atoms with E-state index >= 15 is 0 Å². The monoisotopic (exact) mass is 666 g/mol. The van der Waals surface area contributed by atoms with Crippen molar-refractivity contribution in [2.75, 3.05) is 4.81 Å². The Kier molecular flexibility index (Phi) is 5.38. The first-order chi connectivity index (χ1) is 18.4. The number of benzene rings is 4. The standard InChI is InChI=1S/C31H18BN5.Pt/c1-3-10-30-25(7-1)23-14-12-21(29-9-5-6-16-33-29)19-27(23)32-28-20-22(37-34-17-18-35-37)13-15-24(28)26-8-2-4-11-31(26)36(30)32;/h1-18H;/q-2;+2. The molecule has 4 aromatic carbocycles. The van der Waals surface area contributed by atoms with Gasteiger partial charge in [0.2, 0.25) is 0 Å². The molecule has 180 valence electrons. The van der Waals surface area contributed by atoms with Crippen LogP contribution < -0.4 is 15.7 Å². The van der Waals surface area contributed by atoms with E-state index in [0.717, 1.165) is 33.4 Å². The van der Waals surface area contributed by atoms with Crippen LogP contribution in [0.2, 0.25) is 0 Å². The Morgan fingerprint density at radius 3 is 1.89 bits per heavy atom. The van der Waals surface area contributed by atoms with Crippen LogP contribution in [0.5, 0.6) is 0 Å². The topological polar surface area (TPSA) is 46.8 Å². The van der Waals surface area contributed by atoms with Crippen LogP contribution in [0, 0.1) is 12.1 Å². The average molecular weight is 666 g/mol. The number of fused-ring (bicyclic) bond motifs is 11. The predicted octanol–water partition coefficient (Wildman–Crippen LogP) is 4.83. The van der Waals surface area contributed by atoms with Crippen molar-refractivity contribution in [1.29, 1.82) is 0 Å². The molecule has 0 radical (unpaired) electrons. The smallest absolute Gasteiger partial charge is 0.381 e. The molecule has 6 aromatic rings. The van der Waals surface area contributed by atoms with Gasteiger partial charge >= 0.3 is 21.1 Å². The molecule has 5 nitrogen and oxygen atoms in total. The molecule has 0 atom stereocenters. The molecule has 0 saturated heterocycles. The van der Waals surface area contributed by atoms with Gasteiger partial charge in [-0.1, -0.05) is 54.1 Å². The maximum Gasteiger partial charge on any atom is 2.00 e. The van der Waals surface area contributed by atoms with E-state index in [2.05, 4.69) is 98.9 Å². The quantitative estimate of drug-likeness (QED) is 0.196. The summed E-state index contributed by atoms with van der Waals surface area (Å²) in [5, 5.41) is 8.72. The summed E-state index contributed by atoms with van der Waals surface area (Å²) in [6.07, 6.45) is 5.20. The van der Waals surface area contributed by atoms with Crippen LogP contribution in [0.15, 0.2) is 110 Å². The zero-order valence-electron chi connectivity index (χ0n) is 20.0. The van der Waals surface area contributed by atoms with E-state index in [1.807, 2.05) is 30.5 Å². The zero-order valence-corrected chi connectivity index (χ0v) is 22.3. The molecule has 7 heteroatoms. The van der Waals surface area contributed by atoms with Crippen molar-refractivity contribution in [2.24, 2.45) is 0 Å². The van der Waals surface area contributed by atoms with E-state index in [0.29, 0.717) is 0 Å². The Hall–Kier alpha value is -4.28. The molecule has 0 bridgehead atoms. The number of aromatic nitrogens is 4. The summed E-state index contributed by atoms with van der Waals surface area (Å²) in [5.41, 5.74) is 12.0. The molecule has 0 saturated carbocycles. The van der Waals surface area contributed by atoms with Crippen molar-refractivity contribution in [3.05, 3.63) is 122 Å². The van der Waals surface area contributed by atoms with Crippen molar-refractivity contribution in [1.82, 2.24) is 20.0 Å². The molecule has 38 heavy (non-hydrogen) atoms. The minimum atomic E-state index is -0.117. The van der Waals surface area contributed by atoms with Crippen molar-refractivity contribution >= 4 is 29.1 Å². The third kappa shape index (κ3) is 3.34. The molecule has 8 rings (SSSR count). The molecule has 0 spiro atoms. The molecule has 0 N–H and O–H groups in total. The predicted molar refractivity (Wildman–Crippen MR) is 147 cm³/mol. The number of pyridine rings is 1. The average Bonchev–Trinajstić information content (AvgIpc) is 3.52. The Morgan fingerprint density at radius 1 is 0.579 bits per heavy atom. The van der Waals surface area contributed by atoms with Gasteiger partial charge in [-0.05, 0) is 35.1 Å². The second-order valence-electron chi connectivity index (χ2n) is 9.21. The van der Waals surface area contributed by atoms with Gasteiger partial charge in [0.25, 0.3) is 6.85 Å². The Labute approximate surface area is 235 Å². The SMILES string of the molecule is [Pt+2].[c-]1c(-c2ccccn2)ccc2c1B1c3[c-]c(-n4nccn4)ccc3-c3ccccc3N1c1ccccc1-2. The summed E-state index contributed by atoms with van der Waals surface area (Å²) in [7, 11) is 0. The van der Waals surface area contributed by atoms with Gasteiger partial charge in [-0.25, -0.2) is 0 Å². The van der Waals surface area contributed by atoms with Gasteiger partial charge in [-0.3, -0.25) is 0 Å².